The number of hydrogen-bond donors (Lipinski definition) is 1. The number of H-pyrrole nitrogens is 1. The fraction of sp³-hybridized carbons (Fsp3) is 0.667. The number of rotatable bonds is 4. The standard InChI is InChI=1S/C18H26N4S/c1-13-19-18(21-20-13)16-8-5-11-22(16)12-15-9-10-17(23-15)14-6-3-2-4-7-14/h9-10,14,16H,2-8,11-12H2,1H3,(H,19,20,21)/t16-/m1/s1. The molecule has 0 spiro atoms. The largest absolute Gasteiger partial charge is 0.288 e. The van der Waals surface area contributed by atoms with E-state index in [9.17, 15) is 0 Å². The third-order valence-electron chi connectivity index (χ3n) is 5.33. The average Bonchev–Trinajstić information content (AvgIpc) is 3.29. The second kappa shape index (κ2) is 6.73. The van der Waals surface area contributed by atoms with Gasteiger partial charge in [-0.05, 0) is 57.2 Å². The number of aryl methyl sites for hydroxylation is 1. The maximum atomic E-state index is 4.56. The van der Waals surface area contributed by atoms with Crippen molar-refractivity contribution < 1.29 is 0 Å². The lowest BCUT2D eigenvalue weighted by Gasteiger charge is -2.22. The molecular formula is C18H26N4S. The van der Waals surface area contributed by atoms with Crippen LogP contribution >= 0.6 is 11.3 Å². The number of hydrogen-bond acceptors (Lipinski definition) is 4. The molecule has 2 aliphatic rings. The van der Waals surface area contributed by atoms with Crippen LogP contribution in [0.1, 0.15) is 78.3 Å². The van der Waals surface area contributed by atoms with Gasteiger partial charge in [0, 0.05) is 16.3 Å². The zero-order valence-electron chi connectivity index (χ0n) is 13.9. The summed E-state index contributed by atoms with van der Waals surface area (Å²) in [6, 6.07) is 5.13. The molecule has 0 unspecified atom stereocenters. The van der Waals surface area contributed by atoms with Gasteiger partial charge < -0.3 is 0 Å². The van der Waals surface area contributed by atoms with Gasteiger partial charge in [0.25, 0.3) is 0 Å². The Morgan fingerprint density at radius 3 is 2.83 bits per heavy atom. The first-order valence-corrected chi connectivity index (χ1v) is 9.83. The summed E-state index contributed by atoms with van der Waals surface area (Å²) >= 11 is 2.04. The maximum absolute atomic E-state index is 4.56. The van der Waals surface area contributed by atoms with Crippen molar-refractivity contribution in [3.8, 4) is 0 Å². The Morgan fingerprint density at radius 1 is 1.17 bits per heavy atom. The van der Waals surface area contributed by atoms with Crippen LogP contribution in [0, 0.1) is 6.92 Å². The molecule has 0 aromatic carbocycles. The van der Waals surface area contributed by atoms with Crippen molar-refractivity contribution in [3.63, 3.8) is 0 Å². The van der Waals surface area contributed by atoms with Gasteiger partial charge in [-0.25, -0.2) is 4.98 Å². The van der Waals surface area contributed by atoms with Crippen LogP contribution in [0.15, 0.2) is 12.1 Å². The zero-order valence-corrected chi connectivity index (χ0v) is 14.7. The molecule has 3 heterocycles. The summed E-state index contributed by atoms with van der Waals surface area (Å²) in [5.74, 6) is 2.72. The van der Waals surface area contributed by atoms with Gasteiger partial charge in [-0.3, -0.25) is 10.00 Å². The van der Waals surface area contributed by atoms with E-state index in [0.29, 0.717) is 6.04 Å². The summed E-state index contributed by atoms with van der Waals surface area (Å²) in [5, 5.41) is 7.39. The first kappa shape index (κ1) is 15.3. The summed E-state index contributed by atoms with van der Waals surface area (Å²) in [4.78, 5) is 10.2. The lowest BCUT2D eigenvalue weighted by molar-refractivity contribution is 0.242. The minimum absolute atomic E-state index is 0.389. The normalized spacial score (nSPS) is 23.6. The van der Waals surface area contributed by atoms with Crippen molar-refractivity contribution >= 4 is 11.3 Å². The highest BCUT2D eigenvalue weighted by molar-refractivity contribution is 7.12. The van der Waals surface area contributed by atoms with E-state index in [1.165, 1.54) is 49.8 Å². The van der Waals surface area contributed by atoms with Crippen molar-refractivity contribution in [2.75, 3.05) is 6.54 Å². The van der Waals surface area contributed by atoms with Crippen LogP contribution < -0.4 is 0 Å². The van der Waals surface area contributed by atoms with E-state index in [1.54, 1.807) is 4.88 Å². The van der Waals surface area contributed by atoms with E-state index in [-0.39, 0.29) is 0 Å². The van der Waals surface area contributed by atoms with E-state index >= 15 is 0 Å². The number of aromatic nitrogens is 3. The van der Waals surface area contributed by atoms with Crippen LogP contribution in [0.25, 0.3) is 0 Å². The molecule has 124 valence electrons. The molecule has 2 aromatic heterocycles. The molecule has 0 radical (unpaired) electrons. The van der Waals surface area contributed by atoms with Crippen LogP contribution in [0.5, 0.6) is 0 Å². The summed E-state index contributed by atoms with van der Waals surface area (Å²) in [6.45, 7) is 4.19. The lowest BCUT2D eigenvalue weighted by atomic mass is 9.88. The molecule has 2 aromatic rings. The minimum Gasteiger partial charge on any atom is -0.288 e. The van der Waals surface area contributed by atoms with Gasteiger partial charge >= 0.3 is 0 Å². The highest BCUT2D eigenvalue weighted by Crippen LogP contribution is 2.38. The molecular weight excluding hydrogens is 304 g/mol. The number of nitrogens with zero attached hydrogens (tertiary/aromatic N) is 3. The summed E-state index contributed by atoms with van der Waals surface area (Å²) in [7, 11) is 0. The monoisotopic (exact) mass is 330 g/mol. The molecule has 4 nitrogen and oxygen atoms in total. The molecule has 23 heavy (non-hydrogen) atoms. The van der Waals surface area contributed by atoms with Gasteiger partial charge in [-0.1, -0.05) is 19.3 Å². The molecule has 5 heteroatoms. The molecule has 1 aliphatic heterocycles. The minimum atomic E-state index is 0.389. The summed E-state index contributed by atoms with van der Waals surface area (Å²) in [6.07, 6.45) is 9.47. The topological polar surface area (TPSA) is 44.8 Å². The molecule has 0 amide bonds. The third kappa shape index (κ3) is 3.36. The Hall–Kier alpha value is -1.20. The number of thiophene rings is 1. The molecule has 1 saturated heterocycles. The third-order valence-corrected chi connectivity index (χ3v) is 6.56. The van der Waals surface area contributed by atoms with Gasteiger partial charge in [0.2, 0.25) is 0 Å². The average molecular weight is 331 g/mol. The van der Waals surface area contributed by atoms with Gasteiger partial charge in [-0.2, -0.15) is 5.10 Å². The van der Waals surface area contributed by atoms with Crippen LogP contribution in [-0.4, -0.2) is 26.6 Å². The molecule has 1 saturated carbocycles. The lowest BCUT2D eigenvalue weighted by Crippen LogP contribution is -2.23. The van der Waals surface area contributed by atoms with Crippen LogP contribution in [-0.2, 0) is 6.54 Å². The quantitative estimate of drug-likeness (QED) is 0.894. The Kier molecular flexibility index (Phi) is 4.49. The summed E-state index contributed by atoms with van der Waals surface area (Å²) < 4.78 is 0. The Morgan fingerprint density at radius 2 is 2.04 bits per heavy atom. The smallest absolute Gasteiger partial charge is 0.167 e. The van der Waals surface area contributed by atoms with E-state index in [2.05, 4.69) is 32.2 Å². The maximum Gasteiger partial charge on any atom is 0.167 e. The van der Waals surface area contributed by atoms with E-state index in [4.69, 9.17) is 0 Å². The van der Waals surface area contributed by atoms with Crippen molar-refractivity contribution in [3.05, 3.63) is 33.5 Å². The number of aromatic amines is 1. The van der Waals surface area contributed by atoms with E-state index < -0.39 is 0 Å². The molecule has 0 bridgehead atoms. The fourth-order valence-corrected chi connectivity index (χ4v) is 5.31. The molecule has 4 rings (SSSR count). The zero-order chi connectivity index (χ0) is 15.6. The Balaban J connectivity index is 1.44. The van der Waals surface area contributed by atoms with Gasteiger partial charge in [-0.15, -0.1) is 11.3 Å². The predicted octanol–water partition coefficient (Wildman–Crippen LogP) is 4.56. The van der Waals surface area contributed by atoms with E-state index in [1.807, 2.05) is 18.3 Å². The Bertz CT molecular complexity index is 641. The predicted molar refractivity (Wildman–Crippen MR) is 93.6 cm³/mol. The second-order valence-electron chi connectivity index (χ2n) is 7.05. The SMILES string of the molecule is Cc1nc([C@H]2CCCN2Cc2ccc(C3CCCCC3)s2)n[nH]1. The summed E-state index contributed by atoms with van der Waals surface area (Å²) in [5.41, 5.74) is 0. The Labute approximate surface area is 142 Å². The van der Waals surface area contributed by atoms with E-state index in [0.717, 1.165) is 30.7 Å². The molecule has 1 N–H and O–H groups in total. The van der Waals surface area contributed by atoms with Crippen molar-refractivity contribution in [1.82, 2.24) is 20.1 Å². The first-order chi connectivity index (χ1) is 11.3. The fourth-order valence-electron chi connectivity index (χ4n) is 4.10. The molecule has 1 aliphatic carbocycles. The van der Waals surface area contributed by atoms with Gasteiger partial charge in [0.1, 0.15) is 5.82 Å². The van der Waals surface area contributed by atoms with Gasteiger partial charge in [0.05, 0.1) is 6.04 Å². The second-order valence-corrected chi connectivity index (χ2v) is 8.25. The van der Waals surface area contributed by atoms with Crippen LogP contribution in [0.2, 0.25) is 0 Å². The van der Waals surface area contributed by atoms with Crippen LogP contribution in [0.4, 0.5) is 0 Å². The number of likely N-dealkylation sites (tertiary alicyclic amines) is 1. The first-order valence-electron chi connectivity index (χ1n) is 9.01. The van der Waals surface area contributed by atoms with Crippen LogP contribution in [0.3, 0.4) is 0 Å². The van der Waals surface area contributed by atoms with Gasteiger partial charge in [0.15, 0.2) is 5.82 Å². The number of nitrogens with one attached hydrogen (secondary N) is 1. The van der Waals surface area contributed by atoms with Crippen molar-refractivity contribution in [1.29, 1.82) is 0 Å². The van der Waals surface area contributed by atoms with Crippen molar-refractivity contribution in [2.24, 2.45) is 0 Å². The molecule has 1 atom stereocenters. The molecule has 2 fully saturated rings. The van der Waals surface area contributed by atoms with Crippen molar-refractivity contribution in [2.45, 2.75) is 70.4 Å². The highest BCUT2D eigenvalue weighted by Gasteiger charge is 2.29. The highest BCUT2D eigenvalue weighted by atomic mass is 32.1.